The van der Waals surface area contributed by atoms with Crippen LogP contribution < -0.4 is 4.90 Å². The summed E-state index contributed by atoms with van der Waals surface area (Å²) in [5.74, 6) is -0.884. The van der Waals surface area contributed by atoms with Crippen LogP contribution in [-0.4, -0.2) is 41.0 Å². The van der Waals surface area contributed by atoms with E-state index in [0.717, 1.165) is 5.56 Å². The molecule has 29 heavy (non-hydrogen) atoms. The molecule has 2 aromatic carbocycles. The van der Waals surface area contributed by atoms with Gasteiger partial charge in [0.2, 0.25) is 0 Å². The summed E-state index contributed by atoms with van der Waals surface area (Å²) in [6.07, 6.45) is 0. The van der Waals surface area contributed by atoms with E-state index in [1.807, 2.05) is 16.8 Å². The van der Waals surface area contributed by atoms with Crippen molar-refractivity contribution in [3.05, 3.63) is 75.5 Å². The number of carbonyl (C=O) groups is 2. The quantitative estimate of drug-likeness (QED) is 0.666. The molecule has 6 nitrogen and oxygen atoms in total. The number of hydrogen-bond donors (Lipinski definition) is 2. The van der Waals surface area contributed by atoms with Crippen molar-refractivity contribution < 1.29 is 19.8 Å². The highest BCUT2D eigenvalue weighted by atomic mass is 32.1. The molecule has 0 radical (unpaired) electrons. The van der Waals surface area contributed by atoms with Crippen LogP contribution >= 0.6 is 11.3 Å². The number of aromatic hydroxyl groups is 2. The third kappa shape index (κ3) is 4.41. The number of phenols is 2. The standard InChI is InChI=1S/C22H22N2O4S/c1-14-10-18(20(26)11-19(14)25)22(28)24(12-15-8-9-29-13-15)17-6-4-16(5-7-17)21(27)23(2)3/h4-11,13,25-26H,12H2,1-3H3. The van der Waals surface area contributed by atoms with E-state index in [9.17, 15) is 19.8 Å². The fourth-order valence-electron chi connectivity index (χ4n) is 2.89. The van der Waals surface area contributed by atoms with Crippen molar-refractivity contribution in [3.63, 3.8) is 0 Å². The molecule has 0 aliphatic heterocycles. The SMILES string of the molecule is Cc1cc(C(=O)N(Cc2ccsc2)c2ccc(C(=O)N(C)C)cc2)c(O)cc1O. The first-order valence-corrected chi connectivity index (χ1v) is 9.89. The molecule has 0 aliphatic rings. The summed E-state index contributed by atoms with van der Waals surface area (Å²) in [5.41, 5.74) is 2.66. The van der Waals surface area contributed by atoms with Crippen LogP contribution in [0.15, 0.2) is 53.2 Å². The summed E-state index contributed by atoms with van der Waals surface area (Å²) in [6.45, 7) is 1.97. The molecule has 0 aliphatic carbocycles. The fourth-order valence-corrected chi connectivity index (χ4v) is 3.55. The second-order valence-corrected chi connectivity index (χ2v) is 7.71. The minimum Gasteiger partial charge on any atom is -0.508 e. The van der Waals surface area contributed by atoms with Gasteiger partial charge in [0.05, 0.1) is 12.1 Å². The largest absolute Gasteiger partial charge is 0.508 e. The summed E-state index contributed by atoms with van der Waals surface area (Å²) < 4.78 is 0. The predicted octanol–water partition coefficient (Wildman–Crippen LogP) is 4.02. The molecule has 2 amide bonds. The Morgan fingerprint density at radius 2 is 1.66 bits per heavy atom. The molecule has 0 bridgehead atoms. The topological polar surface area (TPSA) is 81.1 Å². The molecule has 0 unspecified atom stereocenters. The van der Waals surface area contributed by atoms with Gasteiger partial charge in [-0.05, 0) is 65.2 Å². The van der Waals surface area contributed by atoms with Gasteiger partial charge in [-0.25, -0.2) is 0 Å². The van der Waals surface area contributed by atoms with Crippen molar-refractivity contribution in [2.45, 2.75) is 13.5 Å². The molecule has 3 aromatic rings. The van der Waals surface area contributed by atoms with Crippen LogP contribution in [0.4, 0.5) is 5.69 Å². The fraction of sp³-hybridized carbons (Fsp3) is 0.182. The summed E-state index contributed by atoms with van der Waals surface area (Å²) in [6, 6.07) is 11.3. The van der Waals surface area contributed by atoms with Crippen molar-refractivity contribution in [3.8, 4) is 11.5 Å². The minimum absolute atomic E-state index is 0.0741. The highest BCUT2D eigenvalue weighted by Crippen LogP contribution is 2.30. The molecule has 0 saturated heterocycles. The lowest BCUT2D eigenvalue weighted by molar-refractivity contribution is 0.0827. The van der Waals surface area contributed by atoms with Crippen LogP contribution in [-0.2, 0) is 6.54 Å². The first-order valence-electron chi connectivity index (χ1n) is 8.95. The molecule has 7 heteroatoms. The number of nitrogens with zero attached hydrogens (tertiary/aromatic N) is 2. The normalized spacial score (nSPS) is 10.6. The predicted molar refractivity (Wildman–Crippen MR) is 114 cm³/mol. The zero-order chi connectivity index (χ0) is 21.1. The molecule has 1 aromatic heterocycles. The van der Waals surface area contributed by atoms with Crippen LogP contribution in [0.2, 0.25) is 0 Å². The van der Waals surface area contributed by atoms with Crippen molar-refractivity contribution in [2.24, 2.45) is 0 Å². The zero-order valence-electron chi connectivity index (χ0n) is 16.4. The molecule has 2 N–H and O–H groups in total. The van der Waals surface area contributed by atoms with Gasteiger partial charge in [-0.1, -0.05) is 0 Å². The van der Waals surface area contributed by atoms with Crippen LogP contribution in [0.1, 0.15) is 31.8 Å². The average molecular weight is 410 g/mol. The van der Waals surface area contributed by atoms with Crippen LogP contribution in [0, 0.1) is 6.92 Å². The smallest absolute Gasteiger partial charge is 0.262 e. The van der Waals surface area contributed by atoms with E-state index in [1.54, 1.807) is 45.3 Å². The number of anilines is 1. The van der Waals surface area contributed by atoms with Crippen LogP contribution in [0.25, 0.3) is 0 Å². The van der Waals surface area contributed by atoms with Gasteiger partial charge in [-0.15, -0.1) is 0 Å². The highest BCUT2D eigenvalue weighted by molar-refractivity contribution is 7.07. The summed E-state index contributed by atoms with van der Waals surface area (Å²) in [5, 5.41) is 23.9. The van der Waals surface area contributed by atoms with E-state index >= 15 is 0 Å². The first-order chi connectivity index (χ1) is 13.8. The lowest BCUT2D eigenvalue weighted by Gasteiger charge is -2.24. The second kappa shape index (κ2) is 8.36. The number of benzene rings is 2. The van der Waals surface area contributed by atoms with E-state index in [-0.39, 0.29) is 23.0 Å². The molecular formula is C22H22N2O4S. The third-order valence-corrected chi connectivity index (χ3v) is 5.27. The summed E-state index contributed by atoms with van der Waals surface area (Å²) in [7, 11) is 3.36. The van der Waals surface area contributed by atoms with E-state index in [0.29, 0.717) is 23.4 Å². The Morgan fingerprint density at radius 1 is 0.966 bits per heavy atom. The second-order valence-electron chi connectivity index (χ2n) is 6.93. The number of thiophene rings is 1. The van der Waals surface area contributed by atoms with Crippen molar-refractivity contribution in [1.29, 1.82) is 0 Å². The van der Waals surface area contributed by atoms with Crippen LogP contribution in [0.5, 0.6) is 11.5 Å². The van der Waals surface area contributed by atoms with Gasteiger partial charge < -0.3 is 20.0 Å². The molecule has 0 atom stereocenters. The van der Waals surface area contributed by atoms with Crippen molar-refractivity contribution in [1.82, 2.24) is 4.90 Å². The van der Waals surface area contributed by atoms with Gasteiger partial charge in [-0.2, -0.15) is 11.3 Å². The van der Waals surface area contributed by atoms with E-state index in [2.05, 4.69) is 0 Å². The Hall–Kier alpha value is -3.32. The number of amides is 2. The number of hydrogen-bond acceptors (Lipinski definition) is 5. The molecular weight excluding hydrogens is 388 g/mol. The van der Waals surface area contributed by atoms with Gasteiger partial charge in [0, 0.05) is 31.4 Å². The van der Waals surface area contributed by atoms with E-state index in [4.69, 9.17) is 0 Å². The van der Waals surface area contributed by atoms with Crippen LogP contribution in [0.3, 0.4) is 0 Å². The molecule has 0 saturated carbocycles. The maximum Gasteiger partial charge on any atom is 0.262 e. The van der Waals surface area contributed by atoms with Crippen molar-refractivity contribution >= 4 is 28.8 Å². The van der Waals surface area contributed by atoms with Gasteiger partial charge >= 0.3 is 0 Å². The number of aryl methyl sites for hydroxylation is 1. The van der Waals surface area contributed by atoms with E-state index in [1.165, 1.54) is 33.3 Å². The minimum atomic E-state index is -0.400. The lowest BCUT2D eigenvalue weighted by atomic mass is 10.1. The Bertz CT molecular complexity index is 1030. The zero-order valence-corrected chi connectivity index (χ0v) is 17.2. The Balaban J connectivity index is 2.00. The van der Waals surface area contributed by atoms with Crippen molar-refractivity contribution in [2.75, 3.05) is 19.0 Å². The maximum atomic E-state index is 13.3. The van der Waals surface area contributed by atoms with E-state index < -0.39 is 5.91 Å². The highest BCUT2D eigenvalue weighted by Gasteiger charge is 2.23. The number of carbonyl (C=O) groups excluding carboxylic acids is 2. The average Bonchev–Trinajstić information content (AvgIpc) is 3.21. The van der Waals surface area contributed by atoms with Gasteiger partial charge in [0.1, 0.15) is 11.5 Å². The molecule has 3 rings (SSSR count). The molecule has 0 spiro atoms. The monoisotopic (exact) mass is 410 g/mol. The molecule has 1 heterocycles. The summed E-state index contributed by atoms with van der Waals surface area (Å²) >= 11 is 1.53. The van der Waals surface area contributed by atoms with Gasteiger partial charge in [-0.3, -0.25) is 9.59 Å². The van der Waals surface area contributed by atoms with Gasteiger partial charge in [0.25, 0.3) is 11.8 Å². The Labute approximate surface area is 173 Å². The Kier molecular flexibility index (Phi) is 5.89. The molecule has 0 fully saturated rings. The molecule has 150 valence electrons. The van der Waals surface area contributed by atoms with Gasteiger partial charge in [0.15, 0.2) is 0 Å². The number of phenolic OH excluding ortho intramolecular Hbond substituents is 2. The Morgan fingerprint density at radius 3 is 2.24 bits per heavy atom. The maximum absolute atomic E-state index is 13.3. The first kappa shape index (κ1) is 20.4. The number of rotatable bonds is 5. The summed E-state index contributed by atoms with van der Waals surface area (Å²) in [4.78, 5) is 28.5. The lowest BCUT2D eigenvalue weighted by Crippen LogP contribution is -2.30. The third-order valence-electron chi connectivity index (χ3n) is 4.54.